The number of aryl methyl sites for hydroxylation is 1. The number of hydrogen-bond acceptors (Lipinski definition) is 4. The van der Waals surface area contributed by atoms with Crippen molar-refractivity contribution in [2.75, 3.05) is 6.54 Å². The van der Waals surface area contributed by atoms with E-state index in [-0.39, 0.29) is 12.1 Å². The van der Waals surface area contributed by atoms with Gasteiger partial charge in [0.1, 0.15) is 17.6 Å². The van der Waals surface area contributed by atoms with E-state index in [1.807, 2.05) is 18.2 Å². The fourth-order valence-electron chi connectivity index (χ4n) is 4.35. The summed E-state index contributed by atoms with van der Waals surface area (Å²) in [6.45, 7) is 3.40. The first kappa shape index (κ1) is 14.1. The second-order valence-corrected chi connectivity index (χ2v) is 6.67. The van der Waals surface area contributed by atoms with Crippen molar-refractivity contribution < 1.29 is 14.3 Å². The maximum Gasteiger partial charge on any atom is 0.311 e. The number of piperidine rings is 1. The number of nitrogens with zero attached hydrogens (tertiary/aromatic N) is 1. The Kier molecular flexibility index (Phi) is 3.57. The molecule has 2 saturated heterocycles. The minimum atomic E-state index is -0.140. The van der Waals surface area contributed by atoms with Crippen LogP contribution in [0.2, 0.25) is 0 Å². The number of fused-ring (bicyclic) bond motifs is 3. The highest BCUT2D eigenvalue weighted by molar-refractivity contribution is 5.75. The Labute approximate surface area is 131 Å². The van der Waals surface area contributed by atoms with Gasteiger partial charge in [0, 0.05) is 18.2 Å². The molecule has 0 spiro atoms. The van der Waals surface area contributed by atoms with Crippen molar-refractivity contribution >= 4 is 5.97 Å². The maximum atomic E-state index is 11.4. The predicted molar refractivity (Wildman–Crippen MR) is 83.2 cm³/mol. The second-order valence-electron chi connectivity index (χ2n) is 6.67. The highest BCUT2D eigenvalue weighted by atomic mass is 16.5. The lowest BCUT2D eigenvalue weighted by Crippen LogP contribution is -2.46. The van der Waals surface area contributed by atoms with Crippen LogP contribution in [-0.4, -0.2) is 35.6 Å². The third kappa shape index (κ3) is 2.50. The van der Waals surface area contributed by atoms with Gasteiger partial charge in [-0.1, -0.05) is 13.0 Å². The Morgan fingerprint density at radius 1 is 1.23 bits per heavy atom. The maximum absolute atomic E-state index is 11.4. The molecule has 2 unspecified atom stereocenters. The number of carbonyl (C=O) groups is 1. The first-order chi connectivity index (χ1) is 10.7. The van der Waals surface area contributed by atoms with E-state index >= 15 is 0 Å². The van der Waals surface area contributed by atoms with Crippen molar-refractivity contribution in [3.05, 3.63) is 23.8 Å². The van der Waals surface area contributed by atoms with E-state index in [9.17, 15) is 4.79 Å². The Morgan fingerprint density at radius 2 is 2.00 bits per heavy atom. The molecule has 4 heteroatoms. The van der Waals surface area contributed by atoms with Crippen LogP contribution in [0.15, 0.2) is 18.2 Å². The quantitative estimate of drug-likeness (QED) is 0.635. The molecule has 4 nitrogen and oxygen atoms in total. The number of esters is 1. The Morgan fingerprint density at radius 3 is 2.73 bits per heavy atom. The number of carbonyl (C=O) groups excluding carboxylic acids is 1. The fraction of sp³-hybridized carbons (Fsp3) is 0.611. The van der Waals surface area contributed by atoms with Crippen molar-refractivity contribution in [3.63, 3.8) is 0 Å². The summed E-state index contributed by atoms with van der Waals surface area (Å²) >= 11 is 0. The first-order valence-corrected chi connectivity index (χ1v) is 8.49. The molecular formula is C18H23NO3. The third-order valence-electron chi connectivity index (χ3n) is 5.37. The summed E-state index contributed by atoms with van der Waals surface area (Å²) < 4.78 is 11.5. The van der Waals surface area contributed by atoms with Crippen molar-refractivity contribution in [3.8, 4) is 11.5 Å². The number of ether oxygens (including phenoxy) is 2. The van der Waals surface area contributed by atoms with Gasteiger partial charge >= 0.3 is 5.97 Å². The summed E-state index contributed by atoms with van der Waals surface area (Å²) in [5, 5.41) is 0. The highest BCUT2D eigenvalue weighted by Gasteiger charge is 2.40. The second kappa shape index (κ2) is 5.58. The molecule has 0 amide bonds. The largest absolute Gasteiger partial charge is 0.490 e. The van der Waals surface area contributed by atoms with Gasteiger partial charge in [0.15, 0.2) is 0 Å². The lowest BCUT2D eigenvalue weighted by atomic mass is 9.99. The summed E-state index contributed by atoms with van der Waals surface area (Å²) in [5.74, 6) is 1.38. The Balaban J connectivity index is 1.46. The van der Waals surface area contributed by atoms with Crippen LogP contribution in [0.1, 0.15) is 44.6 Å². The molecule has 3 aliphatic heterocycles. The van der Waals surface area contributed by atoms with Gasteiger partial charge in [-0.3, -0.25) is 9.69 Å². The van der Waals surface area contributed by atoms with E-state index in [1.54, 1.807) is 0 Å². The molecule has 1 aromatic carbocycles. The minimum Gasteiger partial charge on any atom is -0.490 e. The molecule has 118 valence electrons. The summed E-state index contributed by atoms with van der Waals surface area (Å²) in [5.41, 5.74) is 1.10. The van der Waals surface area contributed by atoms with E-state index in [4.69, 9.17) is 9.47 Å². The zero-order chi connectivity index (χ0) is 15.1. The van der Waals surface area contributed by atoms with Crippen molar-refractivity contribution in [2.45, 2.75) is 63.6 Å². The van der Waals surface area contributed by atoms with Crippen LogP contribution in [0.3, 0.4) is 0 Å². The van der Waals surface area contributed by atoms with Crippen LogP contribution in [0, 0.1) is 0 Å². The standard InChI is InChI=1S/C18H23NO3/c1-2-19-13-5-6-14(19)10-16(9-13)21-15-7-3-12-4-8-18(20)22-17(12)11-15/h3,7,11,13-14,16H,2,4-6,8-10H2,1H3. The molecule has 22 heavy (non-hydrogen) atoms. The summed E-state index contributed by atoms with van der Waals surface area (Å²) in [6.07, 6.45) is 6.38. The van der Waals surface area contributed by atoms with Crippen LogP contribution in [0.25, 0.3) is 0 Å². The van der Waals surface area contributed by atoms with Gasteiger partial charge in [-0.15, -0.1) is 0 Å². The molecule has 2 atom stereocenters. The van der Waals surface area contributed by atoms with E-state index in [0.717, 1.165) is 37.1 Å². The highest BCUT2D eigenvalue weighted by Crippen LogP contribution is 2.38. The van der Waals surface area contributed by atoms with Crippen LogP contribution >= 0.6 is 0 Å². The van der Waals surface area contributed by atoms with Gasteiger partial charge in [-0.05, 0) is 50.3 Å². The number of rotatable bonds is 3. The fourth-order valence-corrected chi connectivity index (χ4v) is 4.35. The van der Waals surface area contributed by atoms with Gasteiger partial charge in [0.05, 0.1) is 6.42 Å². The molecule has 1 aromatic rings. The lowest BCUT2D eigenvalue weighted by Gasteiger charge is -2.38. The topological polar surface area (TPSA) is 38.8 Å². The molecule has 2 bridgehead atoms. The molecule has 0 saturated carbocycles. The average molecular weight is 301 g/mol. The van der Waals surface area contributed by atoms with E-state index in [1.165, 1.54) is 12.8 Å². The monoisotopic (exact) mass is 301 g/mol. The summed E-state index contributed by atoms with van der Waals surface area (Å²) in [6, 6.07) is 7.31. The van der Waals surface area contributed by atoms with E-state index in [2.05, 4.69) is 11.8 Å². The van der Waals surface area contributed by atoms with Crippen LogP contribution in [-0.2, 0) is 11.2 Å². The van der Waals surface area contributed by atoms with E-state index in [0.29, 0.717) is 24.3 Å². The molecule has 0 aliphatic carbocycles. The smallest absolute Gasteiger partial charge is 0.311 e. The third-order valence-corrected chi connectivity index (χ3v) is 5.37. The Hall–Kier alpha value is -1.55. The molecule has 4 rings (SSSR count). The van der Waals surface area contributed by atoms with Crippen molar-refractivity contribution in [1.29, 1.82) is 0 Å². The minimum absolute atomic E-state index is 0.140. The first-order valence-electron chi connectivity index (χ1n) is 8.49. The summed E-state index contributed by atoms with van der Waals surface area (Å²) in [7, 11) is 0. The molecule has 3 aliphatic rings. The molecular weight excluding hydrogens is 278 g/mol. The molecule has 3 heterocycles. The van der Waals surface area contributed by atoms with E-state index < -0.39 is 0 Å². The number of benzene rings is 1. The van der Waals surface area contributed by atoms with Crippen LogP contribution in [0.4, 0.5) is 0 Å². The normalized spacial score (nSPS) is 30.8. The van der Waals surface area contributed by atoms with Gasteiger partial charge < -0.3 is 9.47 Å². The zero-order valence-corrected chi connectivity index (χ0v) is 13.1. The van der Waals surface area contributed by atoms with Crippen LogP contribution < -0.4 is 9.47 Å². The number of hydrogen-bond donors (Lipinski definition) is 0. The van der Waals surface area contributed by atoms with Crippen molar-refractivity contribution in [2.24, 2.45) is 0 Å². The SMILES string of the molecule is CCN1C2CCC1CC(Oc1ccc3c(c1)OC(=O)CC3)C2. The zero-order valence-electron chi connectivity index (χ0n) is 13.1. The molecule has 0 radical (unpaired) electrons. The van der Waals surface area contributed by atoms with Gasteiger partial charge in [-0.2, -0.15) is 0 Å². The van der Waals surface area contributed by atoms with Gasteiger partial charge in [0.25, 0.3) is 0 Å². The van der Waals surface area contributed by atoms with Crippen molar-refractivity contribution in [1.82, 2.24) is 4.90 Å². The molecule has 2 fully saturated rings. The summed E-state index contributed by atoms with van der Waals surface area (Å²) in [4.78, 5) is 14.1. The van der Waals surface area contributed by atoms with Crippen LogP contribution in [0.5, 0.6) is 11.5 Å². The van der Waals surface area contributed by atoms with Gasteiger partial charge in [-0.25, -0.2) is 0 Å². The lowest BCUT2D eigenvalue weighted by molar-refractivity contribution is -0.135. The van der Waals surface area contributed by atoms with Gasteiger partial charge in [0.2, 0.25) is 0 Å². The molecule has 0 aromatic heterocycles. The Bertz CT molecular complexity index is 572. The average Bonchev–Trinajstić information content (AvgIpc) is 2.76. The predicted octanol–water partition coefficient (Wildman–Crippen LogP) is 2.93. The molecule has 0 N–H and O–H groups in total.